The molecular weight excluding hydrogens is 458 g/mol. The van der Waals surface area contributed by atoms with E-state index >= 15 is 0 Å². The summed E-state index contributed by atoms with van der Waals surface area (Å²) in [5.41, 5.74) is 2.38. The predicted octanol–water partition coefficient (Wildman–Crippen LogP) is 3.83. The van der Waals surface area contributed by atoms with Crippen LogP contribution < -0.4 is 9.64 Å². The van der Waals surface area contributed by atoms with Gasteiger partial charge in [-0.1, -0.05) is 18.2 Å². The van der Waals surface area contributed by atoms with Crippen LogP contribution in [-0.4, -0.2) is 53.8 Å². The monoisotopic (exact) mass is 483 g/mol. The van der Waals surface area contributed by atoms with Crippen LogP contribution in [0.3, 0.4) is 0 Å². The third kappa shape index (κ3) is 5.27. The number of nitrogens with zero attached hydrogens (tertiary/aromatic N) is 3. The highest BCUT2D eigenvalue weighted by atomic mass is 32.2. The quantitative estimate of drug-likeness (QED) is 0.441. The average molecular weight is 484 g/mol. The van der Waals surface area contributed by atoms with Crippen molar-refractivity contribution in [3.8, 4) is 17.9 Å². The summed E-state index contributed by atoms with van der Waals surface area (Å²) in [6.45, 7) is 7.91. The Balaban J connectivity index is 2.12. The van der Waals surface area contributed by atoms with Gasteiger partial charge >= 0.3 is 0 Å². The zero-order valence-electron chi connectivity index (χ0n) is 18.8. The summed E-state index contributed by atoms with van der Waals surface area (Å²) in [4.78, 5) is 27.1. The number of carbonyl (C=O) groups is 2. The van der Waals surface area contributed by atoms with E-state index in [1.165, 1.54) is 23.5 Å². The molecule has 9 heteroatoms. The van der Waals surface area contributed by atoms with E-state index in [4.69, 9.17) is 9.47 Å². The lowest BCUT2D eigenvalue weighted by Gasteiger charge is -2.33. The van der Waals surface area contributed by atoms with Crippen molar-refractivity contribution in [2.75, 3.05) is 36.7 Å². The molecule has 0 radical (unpaired) electrons. The van der Waals surface area contributed by atoms with Crippen molar-refractivity contribution in [1.29, 1.82) is 10.5 Å². The summed E-state index contributed by atoms with van der Waals surface area (Å²) in [6.07, 6.45) is 0. The van der Waals surface area contributed by atoms with Gasteiger partial charge in [-0.3, -0.25) is 9.59 Å². The van der Waals surface area contributed by atoms with Crippen LogP contribution in [-0.2, 0) is 14.3 Å². The van der Waals surface area contributed by atoms with E-state index < -0.39 is 10.5 Å². The first-order valence-corrected chi connectivity index (χ1v) is 12.5. The Morgan fingerprint density at radius 2 is 1.79 bits per heavy atom. The first-order valence-electron chi connectivity index (χ1n) is 10.4. The number of ketones is 2. The predicted molar refractivity (Wildman–Crippen MR) is 130 cm³/mol. The van der Waals surface area contributed by atoms with Crippen LogP contribution in [0.25, 0.3) is 0 Å². The number of fused-ring (bicyclic) bond motifs is 1. The van der Waals surface area contributed by atoms with E-state index in [0.717, 1.165) is 11.1 Å². The van der Waals surface area contributed by atoms with E-state index in [1.54, 1.807) is 31.9 Å². The fourth-order valence-electron chi connectivity index (χ4n) is 3.93. The third-order valence-corrected chi connectivity index (χ3v) is 8.57. The summed E-state index contributed by atoms with van der Waals surface area (Å²) in [5, 5.41) is 18.0. The number of methoxy groups -OCH3 is 1. The minimum Gasteiger partial charge on any atom is -0.436 e. The van der Waals surface area contributed by atoms with Crippen molar-refractivity contribution in [2.45, 2.75) is 30.3 Å². The number of allylic oxidation sites excluding steroid dienone is 1. The highest BCUT2D eigenvalue weighted by Crippen LogP contribution is 2.46. The largest absolute Gasteiger partial charge is 0.436 e. The SMILES string of the molecule is C=C1CSC(C(C)=O)C(c2ccc3c(c2)N(CCOC)C(=C(C#N)C#N)O3)C(C(C)=O)SC1. The summed E-state index contributed by atoms with van der Waals surface area (Å²) in [6, 6.07) is 9.30. The summed E-state index contributed by atoms with van der Waals surface area (Å²) >= 11 is 3.05. The first kappa shape index (κ1) is 24.9. The molecule has 0 spiro atoms. The Bertz CT molecular complexity index is 1040. The molecule has 2 aliphatic heterocycles. The zero-order valence-corrected chi connectivity index (χ0v) is 20.4. The van der Waals surface area contributed by atoms with Crippen molar-refractivity contribution in [3.05, 3.63) is 47.4 Å². The van der Waals surface area contributed by atoms with Crippen LogP contribution in [0.2, 0.25) is 0 Å². The highest BCUT2D eigenvalue weighted by Gasteiger charge is 2.40. The number of benzene rings is 1. The number of Topliss-reactive ketones (excluding diaryl/α,β-unsaturated/α-hetero) is 2. The standard InChI is InChI=1S/C24H25N3O4S2/c1-14-12-32-22(15(2)28)21(23(16(3)29)33-13-14)17-5-6-20-19(9-17)27(7-8-30-4)24(31-20)18(10-25)11-26/h5-6,9,21-23H,1,7-8,12-13H2,2-4H3. The van der Waals surface area contributed by atoms with Gasteiger partial charge in [-0.25, -0.2) is 0 Å². The molecule has 0 amide bonds. The second kappa shape index (κ2) is 10.9. The minimum absolute atomic E-state index is 0.0105. The number of hydrogen-bond donors (Lipinski definition) is 0. The number of carbonyl (C=O) groups excluding carboxylic acids is 2. The molecule has 7 nitrogen and oxygen atoms in total. The maximum absolute atomic E-state index is 12.7. The van der Waals surface area contributed by atoms with Crippen LogP contribution >= 0.6 is 23.5 Å². The molecular formula is C24H25N3O4S2. The van der Waals surface area contributed by atoms with Crippen LogP contribution in [0, 0.1) is 22.7 Å². The van der Waals surface area contributed by atoms with Gasteiger partial charge in [0.1, 0.15) is 23.7 Å². The van der Waals surface area contributed by atoms with Gasteiger partial charge in [-0.2, -0.15) is 10.5 Å². The fourth-order valence-corrected chi connectivity index (χ4v) is 6.71. The minimum atomic E-state index is -0.403. The molecule has 172 valence electrons. The molecule has 2 aliphatic rings. The molecule has 2 heterocycles. The van der Waals surface area contributed by atoms with Crippen LogP contribution in [0.5, 0.6) is 5.75 Å². The van der Waals surface area contributed by atoms with E-state index in [9.17, 15) is 20.1 Å². The maximum atomic E-state index is 12.7. The number of anilines is 1. The number of ether oxygens (including phenoxy) is 2. The molecule has 2 unspecified atom stereocenters. The molecule has 1 fully saturated rings. The molecule has 3 rings (SSSR count). The summed E-state index contributed by atoms with van der Waals surface area (Å²) in [7, 11) is 1.57. The second-order valence-electron chi connectivity index (χ2n) is 7.84. The van der Waals surface area contributed by atoms with E-state index in [-0.39, 0.29) is 28.9 Å². The van der Waals surface area contributed by atoms with E-state index in [2.05, 4.69) is 6.58 Å². The summed E-state index contributed by atoms with van der Waals surface area (Å²) in [5.74, 6) is 1.67. The van der Waals surface area contributed by atoms with Crippen LogP contribution in [0.1, 0.15) is 25.3 Å². The molecule has 2 atom stereocenters. The average Bonchev–Trinajstić information content (AvgIpc) is 3.12. The smallest absolute Gasteiger partial charge is 0.229 e. The molecule has 33 heavy (non-hydrogen) atoms. The number of hydrogen-bond acceptors (Lipinski definition) is 9. The maximum Gasteiger partial charge on any atom is 0.229 e. The number of thioether (sulfide) groups is 2. The van der Waals surface area contributed by atoms with Crippen molar-refractivity contribution >= 4 is 40.8 Å². The molecule has 0 aliphatic carbocycles. The number of rotatable bonds is 6. The third-order valence-electron chi connectivity index (χ3n) is 5.45. The molecule has 0 bridgehead atoms. The van der Waals surface area contributed by atoms with E-state index in [0.29, 0.717) is 36.1 Å². The van der Waals surface area contributed by atoms with Gasteiger partial charge < -0.3 is 14.4 Å². The molecule has 0 N–H and O–H groups in total. The van der Waals surface area contributed by atoms with Crippen molar-refractivity contribution in [1.82, 2.24) is 0 Å². The number of nitriles is 2. The Hall–Kier alpha value is -2.72. The first-order chi connectivity index (χ1) is 15.8. The van der Waals surface area contributed by atoms with Crippen molar-refractivity contribution < 1.29 is 19.1 Å². The van der Waals surface area contributed by atoms with Gasteiger partial charge in [0.25, 0.3) is 0 Å². The molecule has 1 aromatic rings. The van der Waals surface area contributed by atoms with E-state index in [1.807, 2.05) is 24.3 Å². The molecule has 0 saturated carbocycles. The topological polar surface area (TPSA) is 103 Å². The second-order valence-corrected chi connectivity index (χ2v) is 10.1. The van der Waals surface area contributed by atoms with Gasteiger partial charge in [0.05, 0.1) is 22.8 Å². The highest BCUT2D eigenvalue weighted by molar-refractivity contribution is 8.02. The Kier molecular flexibility index (Phi) is 8.25. The van der Waals surface area contributed by atoms with Crippen LogP contribution in [0.4, 0.5) is 5.69 Å². The molecule has 0 aromatic heterocycles. The van der Waals surface area contributed by atoms with Gasteiger partial charge in [0.2, 0.25) is 5.88 Å². The lowest BCUT2D eigenvalue weighted by Crippen LogP contribution is -2.36. The molecule has 1 saturated heterocycles. The molecule has 1 aromatic carbocycles. The Morgan fingerprint density at radius 3 is 2.30 bits per heavy atom. The Morgan fingerprint density at radius 1 is 1.18 bits per heavy atom. The van der Waals surface area contributed by atoms with Crippen molar-refractivity contribution in [2.24, 2.45) is 0 Å². The lowest BCUT2D eigenvalue weighted by atomic mass is 9.88. The summed E-state index contributed by atoms with van der Waals surface area (Å²) < 4.78 is 11.1. The van der Waals surface area contributed by atoms with Gasteiger partial charge in [-0.15, -0.1) is 23.5 Å². The van der Waals surface area contributed by atoms with Crippen LogP contribution in [0.15, 0.2) is 41.8 Å². The van der Waals surface area contributed by atoms with Crippen molar-refractivity contribution in [3.63, 3.8) is 0 Å². The van der Waals surface area contributed by atoms with Gasteiger partial charge in [-0.05, 0) is 31.5 Å². The lowest BCUT2D eigenvalue weighted by molar-refractivity contribution is -0.118. The fraction of sp³-hybridized carbons (Fsp3) is 0.417. The normalized spacial score (nSPS) is 22.3. The van der Waals surface area contributed by atoms with Gasteiger partial charge in [0.15, 0.2) is 11.3 Å². The Labute approximate surface area is 202 Å². The van der Waals surface area contributed by atoms with Gasteiger partial charge in [0, 0.05) is 31.1 Å². The zero-order chi connectivity index (χ0) is 24.1.